The fourth-order valence-corrected chi connectivity index (χ4v) is 2.80. The molecule has 18 heavy (non-hydrogen) atoms. The molecular formula is C15H27NO2. The van der Waals surface area contributed by atoms with E-state index in [0.29, 0.717) is 12.2 Å². The number of hydrogen-bond acceptors (Lipinski definition) is 3. The Labute approximate surface area is 111 Å². The zero-order chi connectivity index (χ0) is 12.8. The molecule has 0 radical (unpaired) electrons. The van der Waals surface area contributed by atoms with Gasteiger partial charge in [-0.05, 0) is 39.0 Å². The second-order valence-electron chi connectivity index (χ2n) is 5.75. The van der Waals surface area contributed by atoms with Crippen molar-refractivity contribution in [1.29, 1.82) is 0 Å². The first-order valence-electron chi connectivity index (χ1n) is 7.34. The molecule has 2 aliphatic rings. The molecule has 1 atom stereocenters. The fourth-order valence-electron chi connectivity index (χ4n) is 2.80. The Balaban J connectivity index is 1.59. The Morgan fingerprint density at radius 1 is 1.28 bits per heavy atom. The first-order chi connectivity index (χ1) is 8.74. The van der Waals surface area contributed by atoms with E-state index in [1.165, 1.54) is 24.8 Å². The number of piperidine rings is 1. The highest BCUT2D eigenvalue weighted by Gasteiger charge is 2.21. The largest absolute Gasteiger partial charge is 0.376 e. The molecule has 3 heteroatoms. The van der Waals surface area contributed by atoms with Crippen LogP contribution in [-0.2, 0) is 9.47 Å². The molecule has 0 bridgehead atoms. The Hall–Kier alpha value is -0.380. The summed E-state index contributed by atoms with van der Waals surface area (Å²) in [4.78, 5) is 2.47. The van der Waals surface area contributed by atoms with Gasteiger partial charge in [0.05, 0.1) is 18.8 Å². The lowest BCUT2D eigenvalue weighted by Crippen LogP contribution is -2.39. The van der Waals surface area contributed by atoms with Crippen molar-refractivity contribution in [3.63, 3.8) is 0 Å². The molecule has 0 aromatic carbocycles. The van der Waals surface area contributed by atoms with Crippen LogP contribution in [0.4, 0.5) is 0 Å². The average molecular weight is 253 g/mol. The van der Waals surface area contributed by atoms with Crippen LogP contribution in [0.3, 0.4) is 0 Å². The summed E-state index contributed by atoms with van der Waals surface area (Å²) in [5.74, 6) is 0. The highest BCUT2D eigenvalue weighted by Crippen LogP contribution is 2.18. The number of nitrogens with zero attached hydrogens (tertiary/aromatic N) is 1. The number of rotatable bonds is 5. The van der Waals surface area contributed by atoms with Crippen LogP contribution in [-0.4, -0.2) is 50.0 Å². The zero-order valence-corrected chi connectivity index (χ0v) is 11.7. The summed E-state index contributed by atoms with van der Waals surface area (Å²) in [5, 5.41) is 0. The van der Waals surface area contributed by atoms with Crippen LogP contribution < -0.4 is 0 Å². The van der Waals surface area contributed by atoms with Crippen LogP contribution in [0.25, 0.3) is 0 Å². The van der Waals surface area contributed by atoms with Gasteiger partial charge < -0.3 is 9.47 Å². The SMILES string of the molecule is C=C(C)CN1CCC(OC[C@@H]2CCCCO2)CC1. The Kier molecular flexibility index (Phi) is 5.67. The Bertz CT molecular complexity index is 253. The van der Waals surface area contributed by atoms with Gasteiger partial charge >= 0.3 is 0 Å². The van der Waals surface area contributed by atoms with E-state index in [0.717, 1.165) is 45.7 Å². The van der Waals surface area contributed by atoms with Crippen molar-refractivity contribution in [2.24, 2.45) is 0 Å². The lowest BCUT2D eigenvalue weighted by Gasteiger charge is -2.33. The maximum atomic E-state index is 6.00. The van der Waals surface area contributed by atoms with Gasteiger partial charge in [-0.3, -0.25) is 4.90 Å². The Morgan fingerprint density at radius 2 is 2.06 bits per heavy atom. The third-order valence-corrected chi connectivity index (χ3v) is 3.82. The predicted molar refractivity (Wildman–Crippen MR) is 73.8 cm³/mol. The maximum absolute atomic E-state index is 6.00. The van der Waals surface area contributed by atoms with Gasteiger partial charge in [0, 0.05) is 26.2 Å². The van der Waals surface area contributed by atoms with Crippen LogP contribution >= 0.6 is 0 Å². The summed E-state index contributed by atoms with van der Waals surface area (Å²) < 4.78 is 11.7. The van der Waals surface area contributed by atoms with Crippen LogP contribution in [0.5, 0.6) is 0 Å². The molecule has 2 aliphatic heterocycles. The molecule has 0 aliphatic carbocycles. The lowest BCUT2D eigenvalue weighted by molar-refractivity contribution is -0.0744. The van der Waals surface area contributed by atoms with Crippen LogP contribution in [0, 0.1) is 0 Å². The minimum absolute atomic E-state index is 0.354. The van der Waals surface area contributed by atoms with E-state index in [1.54, 1.807) is 0 Å². The molecule has 0 aromatic heterocycles. The minimum Gasteiger partial charge on any atom is -0.376 e. The van der Waals surface area contributed by atoms with E-state index in [9.17, 15) is 0 Å². The van der Waals surface area contributed by atoms with Crippen molar-refractivity contribution in [1.82, 2.24) is 4.90 Å². The molecule has 0 amide bonds. The van der Waals surface area contributed by atoms with Crippen molar-refractivity contribution in [2.45, 2.75) is 51.2 Å². The van der Waals surface area contributed by atoms with Gasteiger partial charge in [0.15, 0.2) is 0 Å². The summed E-state index contributed by atoms with van der Waals surface area (Å²) in [6.45, 7) is 11.1. The molecule has 2 fully saturated rings. The fraction of sp³-hybridized carbons (Fsp3) is 0.867. The maximum Gasteiger partial charge on any atom is 0.0808 e. The summed E-state index contributed by atoms with van der Waals surface area (Å²) in [6, 6.07) is 0. The van der Waals surface area contributed by atoms with Crippen molar-refractivity contribution >= 4 is 0 Å². The van der Waals surface area contributed by atoms with E-state index in [-0.39, 0.29) is 0 Å². The van der Waals surface area contributed by atoms with E-state index in [1.807, 2.05) is 0 Å². The van der Waals surface area contributed by atoms with Gasteiger partial charge in [0.1, 0.15) is 0 Å². The summed E-state index contributed by atoms with van der Waals surface area (Å²) in [7, 11) is 0. The molecule has 0 unspecified atom stereocenters. The lowest BCUT2D eigenvalue weighted by atomic mass is 10.1. The van der Waals surface area contributed by atoms with Gasteiger partial charge in [-0.1, -0.05) is 12.2 Å². The molecule has 3 nitrogen and oxygen atoms in total. The van der Waals surface area contributed by atoms with E-state index < -0.39 is 0 Å². The molecule has 0 N–H and O–H groups in total. The van der Waals surface area contributed by atoms with Crippen molar-refractivity contribution in [3.05, 3.63) is 12.2 Å². The van der Waals surface area contributed by atoms with E-state index in [4.69, 9.17) is 9.47 Å². The van der Waals surface area contributed by atoms with Gasteiger partial charge in [-0.25, -0.2) is 0 Å². The standard InChI is InChI=1S/C15H27NO2/c1-13(2)11-16-8-6-14(7-9-16)18-12-15-5-3-4-10-17-15/h14-15H,1,3-12H2,2H3/t15-/m0/s1. The van der Waals surface area contributed by atoms with E-state index >= 15 is 0 Å². The first-order valence-corrected chi connectivity index (χ1v) is 7.34. The molecule has 2 saturated heterocycles. The molecular weight excluding hydrogens is 226 g/mol. The topological polar surface area (TPSA) is 21.7 Å². The highest BCUT2D eigenvalue weighted by molar-refractivity contribution is 4.92. The zero-order valence-electron chi connectivity index (χ0n) is 11.7. The third-order valence-electron chi connectivity index (χ3n) is 3.82. The van der Waals surface area contributed by atoms with E-state index in [2.05, 4.69) is 18.4 Å². The summed E-state index contributed by atoms with van der Waals surface area (Å²) >= 11 is 0. The predicted octanol–water partition coefficient (Wildman–Crippen LogP) is 2.61. The molecule has 0 spiro atoms. The first kappa shape index (κ1) is 14.0. The highest BCUT2D eigenvalue weighted by atomic mass is 16.5. The Morgan fingerprint density at radius 3 is 2.67 bits per heavy atom. The summed E-state index contributed by atoms with van der Waals surface area (Å²) in [6.07, 6.45) is 6.79. The quantitative estimate of drug-likeness (QED) is 0.703. The number of ether oxygens (including phenoxy) is 2. The monoisotopic (exact) mass is 253 g/mol. The normalized spacial score (nSPS) is 27.3. The second-order valence-corrected chi connectivity index (χ2v) is 5.75. The summed E-state index contributed by atoms with van der Waals surface area (Å²) in [5.41, 5.74) is 1.25. The van der Waals surface area contributed by atoms with Crippen LogP contribution in [0.1, 0.15) is 39.0 Å². The van der Waals surface area contributed by atoms with Gasteiger partial charge in [0.2, 0.25) is 0 Å². The minimum atomic E-state index is 0.354. The third kappa shape index (κ3) is 4.71. The molecule has 0 saturated carbocycles. The molecule has 2 rings (SSSR count). The molecule has 2 heterocycles. The molecule has 104 valence electrons. The van der Waals surface area contributed by atoms with Crippen molar-refractivity contribution in [2.75, 3.05) is 32.8 Å². The van der Waals surface area contributed by atoms with Crippen molar-refractivity contribution < 1.29 is 9.47 Å². The van der Waals surface area contributed by atoms with Crippen LogP contribution in [0.2, 0.25) is 0 Å². The van der Waals surface area contributed by atoms with Gasteiger partial charge in [-0.2, -0.15) is 0 Å². The molecule has 0 aromatic rings. The van der Waals surface area contributed by atoms with Crippen molar-refractivity contribution in [3.8, 4) is 0 Å². The smallest absolute Gasteiger partial charge is 0.0808 e. The average Bonchev–Trinajstić information content (AvgIpc) is 2.38. The van der Waals surface area contributed by atoms with Crippen LogP contribution in [0.15, 0.2) is 12.2 Å². The second kappa shape index (κ2) is 7.27. The number of hydrogen-bond donors (Lipinski definition) is 0. The van der Waals surface area contributed by atoms with Gasteiger partial charge in [0.25, 0.3) is 0 Å². The number of likely N-dealkylation sites (tertiary alicyclic amines) is 1. The van der Waals surface area contributed by atoms with Gasteiger partial charge in [-0.15, -0.1) is 0 Å².